The van der Waals surface area contributed by atoms with Gasteiger partial charge in [0.15, 0.2) is 0 Å². The molecule has 19 heavy (non-hydrogen) atoms. The predicted octanol–water partition coefficient (Wildman–Crippen LogP) is 1.90. The molecule has 1 aliphatic rings. The summed E-state index contributed by atoms with van der Waals surface area (Å²) in [4.78, 5) is 16.8. The third-order valence-electron chi connectivity index (χ3n) is 3.55. The van der Waals surface area contributed by atoms with Gasteiger partial charge in [-0.3, -0.25) is 9.78 Å². The molecule has 0 aliphatic carbocycles. The van der Waals surface area contributed by atoms with Crippen LogP contribution < -0.4 is 5.32 Å². The van der Waals surface area contributed by atoms with Crippen molar-refractivity contribution in [3.63, 3.8) is 0 Å². The number of pyridine rings is 1. The third-order valence-corrected chi connectivity index (χ3v) is 3.55. The van der Waals surface area contributed by atoms with Crippen LogP contribution in [0, 0.1) is 5.92 Å². The number of esters is 1. The zero-order valence-electron chi connectivity index (χ0n) is 12.1. The van der Waals surface area contributed by atoms with Crippen molar-refractivity contribution in [3.8, 4) is 0 Å². The molecule has 2 heterocycles. The monoisotopic (exact) mass is 262 g/mol. The van der Waals surface area contributed by atoms with Gasteiger partial charge in [-0.05, 0) is 32.9 Å². The number of rotatable bonds is 2. The highest BCUT2D eigenvalue weighted by molar-refractivity contribution is 5.76. The van der Waals surface area contributed by atoms with Gasteiger partial charge in [0.25, 0.3) is 0 Å². The maximum absolute atomic E-state index is 12.4. The number of aromatic nitrogens is 1. The van der Waals surface area contributed by atoms with Gasteiger partial charge in [0, 0.05) is 30.4 Å². The van der Waals surface area contributed by atoms with Crippen LogP contribution in [0.3, 0.4) is 0 Å². The second-order valence-corrected chi connectivity index (χ2v) is 6.35. The standard InChI is InChI=1S/C15H22N2O2/c1-14(2,3)19-13(18)11-9-16-10-15(11,4)12-7-5-6-8-17-12/h5-8,11,16H,9-10H2,1-4H3/t11-,15+/m1/s1. The van der Waals surface area contributed by atoms with Gasteiger partial charge in [-0.15, -0.1) is 0 Å². The first-order valence-electron chi connectivity index (χ1n) is 6.68. The summed E-state index contributed by atoms with van der Waals surface area (Å²) in [6.07, 6.45) is 1.77. The average Bonchev–Trinajstić information content (AvgIpc) is 2.72. The molecule has 2 atom stereocenters. The molecule has 0 aromatic carbocycles. The van der Waals surface area contributed by atoms with E-state index in [9.17, 15) is 4.79 Å². The van der Waals surface area contributed by atoms with E-state index in [2.05, 4.69) is 17.2 Å². The van der Waals surface area contributed by atoms with Gasteiger partial charge in [0.05, 0.1) is 5.92 Å². The Balaban J connectivity index is 2.24. The zero-order valence-corrected chi connectivity index (χ0v) is 12.1. The van der Waals surface area contributed by atoms with E-state index >= 15 is 0 Å². The maximum atomic E-state index is 12.4. The average molecular weight is 262 g/mol. The van der Waals surface area contributed by atoms with Crippen LogP contribution in [0.2, 0.25) is 0 Å². The Kier molecular flexibility index (Phi) is 3.63. The molecule has 0 amide bonds. The van der Waals surface area contributed by atoms with E-state index in [0.29, 0.717) is 6.54 Å². The highest BCUT2D eigenvalue weighted by Gasteiger charge is 2.47. The third kappa shape index (κ3) is 2.95. The largest absolute Gasteiger partial charge is 0.460 e. The second kappa shape index (κ2) is 4.93. The predicted molar refractivity (Wildman–Crippen MR) is 73.8 cm³/mol. The Labute approximate surface area is 114 Å². The minimum Gasteiger partial charge on any atom is -0.460 e. The molecule has 0 radical (unpaired) electrons. The summed E-state index contributed by atoms with van der Waals surface area (Å²) < 4.78 is 5.53. The summed E-state index contributed by atoms with van der Waals surface area (Å²) in [5, 5.41) is 3.29. The normalized spacial score (nSPS) is 27.3. The molecule has 0 spiro atoms. The number of nitrogens with one attached hydrogen (secondary N) is 1. The number of nitrogens with zero attached hydrogens (tertiary/aromatic N) is 1. The van der Waals surface area contributed by atoms with Crippen LogP contribution in [0.25, 0.3) is 0 Å². The Morgan fingerprint density at radius 3 is 2.79 bits per heavy atom. The van der Waals surface area contributed by atoms with Crippen LogP contribution in [0.4, 0.5) is 0 Å². The molecular weight excluding hydrogens is 240 g/mol. The van der Waals surface area contributed by atoms with E-state index in [4.69, 9.17) is 4.74 Å². The number of hydrogen-bond donors (Lipinski definition) is 1. The second-order valence-electron chi connectivity index (χ2n) is 6.35. The molecule has 1 saturated heterocycles. The van der Waals surface area contributed by atoms with E-state index < -0.39 is 5.60 Å². The Hall–Kier alpha value is -1.42. The van der Waals surface area contributed by atoms with Crippen molar-refractivity contribution >= 4 is 5.97 Å². The number of carbonyl (C=O) groups is 1. The summed E-state index contributed by atoms with van der Waals surface area (Å²) in [6.45, 7) is 9.14. The first-order chi connectivity index (χ1) is 8.83. The van der Waals surface area contributed by atoms with E-state index in [1.165, 1.54) is 0 Å². The van der Waals surface area contributed by atoms with Crippen molar-refractivity contribution in [1.29, 1.82) is 0 Å². The highest BCUT2D eigenvalue weighted by atomic mass is 16.6. The first-order valence-corrected chi connectivity index (χ1v) is 6.68. The lowest BCUT2D eigenvalue weighted by Gasteiger charge is -2.31. The van der Waals surface area contributed by atoms with Gasteiger partial charge < -0.3 is 10.1 Å². The van der Waals surface area contributed by atoms with E-state index in [1.54, 1.807) is 6.20 Å². The summed E-state index contributed by atoms with van der Waals surface area (Å²) >= 11 is 0. The molecule has 0 unspecified atom stereocenters. The first kappa shape index (κ1) is 14.0. The topological polar surface area (TPSA) is 51.2 Å². The van der Waals surface area contributed by atoms with Crippen LogP contribution in [0.5, 0.6) is 0 Å². The van der Waals surface area contributed by atoms with Crippen molar-refractivity contribution in [2.75, 3.05) is 13.1 Å². The Bertz CT molecular complexity index is 453. The van der Waals surface area contributed by atoms with Crippen molar-refractivity contribution in [3.05, 3.63) is 30.1 Å². The van der Waals surface area contributed by atoms with Gasteiger partial charge in [-0.2, -0.15) is 0 Å². The Morgan fingerprint density at radius 2 is 2.21 bits per heavy atom. The summed E-state index contributed by atoms with van der Waals surface area (Å²) in [7, 11) is 0. The molecular formula is C15H22N2O2. The number of ether oxygens (including phenoxy) is 1. The molecule has 0 saturated carbocycles. The van der Waals surface area contributed by atoms with Crippen LogP contribution >= 0.6 is 0 Å². The summed E-state index contributed by atoms with van der Waals surface area (Å²) in [6, 6.07) is 5.82. The molecule has 1 aromatic rings. The van der Waals surface area contributed by atoms with Gasteiger partial charge in [0.2, 0.25) is 0 Å². The minimum absolute atomic E-state index is 0.148. The van der Waals surface area contributed by atoms with E-state index in [0.717, 1.165) is 12.2 Å². The van der Waals surface area contributed by atoms with Crippen molar-refractivity contribution in [1.82, 2.24) is 10.3 Å². The van der Waals surface area contributed by atoms with Crippen LogP contribution in [-0.4, -0.2) is 29.6 Å². The molecule has 1 aromatic heterocycles. The zero-order chi connectivity index (χ0) is 14.1. The fourth-order valence-electron chi connectivity index (χ4n) is 2.51. The maximum Gasteiger partial charge on any atom is 0.311 e. The fraction of sp³-hybridized carbons (Fsp3) is 0.600. The highest BCUT2D eigenvalue weighted by Crippen LogP contribution is 2.35. The number of carbonyl (C=O) groups excluding carboxylic acids is 1. The van der Waals surface area contributed by atoms with Gasteiger partial charge in [-0.1, -0.05) is 13.0 Å². The lowest BCUT2D eigenvalue weighted by molar-refractivity contribution is -0.161. The van der Waals surface area contributed by atoms with E-state index in [-0.39, 0.29) is 17.3 Å². The quantitative estimate of drug-likeness (QED) is 0.827. The molecule has 4 nitrogen and oxygen atoms in total. The lowest BCUT2D eigenvalue weighted by Crippen LogP contribution is -2.40. The molecule has 0 bridgehead atoms. The van der Waals surface area contributed by atoms with Crippen molar-refractivity contribution in [2.45, 2.75) is 38.7 Å². The van der Waals surface area contributed by atoms with Crippen LogP contribution in [0.1, 0.15) is 33.4 Å². The summed E-state index contributed by atoms with van der Waals surface area (Å²) in [5.74, 6) is -0.340. The van der Waals surface area contributed by atoms with Crippen molar-refractivity contribution < 1.29 is 9.53 Å². The molecule has 2 rings (SSSR count). The Morgan fingerprint density at radius 1 is 1.47 bits per heavy atom. The lowest BCUT2D eigenvalue weighted by atomic mass is 9.76. The van der Waals surface area contributed by atoms with Crippen LogP contribution in [0.15, 0.2) is 24.4 Å². The molecule has 4 heteroatoms. The van der Waals surface area contributed by atoms with E-state index in [1.807, 2.05) is 39.0 Å². The molecule has 1 fully saturated rings. The molecule has 1 aliphatic heterocycles. The minimum atomic E-state index is -0.454. The smallest absolute Gasteiger partial charge is 0.311 e. The van der Waals surface area contributed by atoms with Gasteiger partial charge in [-0.25, -0.2) is 0 Å². The fourth-order valence-corrected chi connectivity index (χ4v) is 2.51. The molecule has 1 N–H and O–H groups in total. The van der Waals surface area contributed by atoms with Crippen molar-refractivity contribution in [2.24, 2.45) is 5.92 Å². The molecule has 104 valence electrons. The number of hydrogen-bond acceptors (Lipinski definition) is 4. The SMILES string of the molecule is CC(C)(C)OC(=O)[C@H]1CNC[C@]1(C)c1ccccn1. The van der Waals surface area contributed by atoms with Crippen LogP contribution in [-0.2, 0) is 14.9 Å². The van der Waals surface area contributed by atoms with Gasteiger partial charge in [0.1, 0.15) is 5.60 Å². The van der Waals surface area contributed by atoms with Gasteiger partial charge >= 0.3 is 5.97 Å². The summed E-state index contributed by atoms with van der Waals surface area (Å²) in [5.41, 5.74) is 0.185.